The van der Waals surface area contributed by atoms with Crippen LogP contribution in [0.4, 0.5) is 11.4 Å². The van der Waals surface area contributed by atoms with Gasteiger partial charge < -0.3 is 18.9 Å². The lowest BCUT2D eigenvalue weighted by Gasteiger charge is -2.21. The fraction of sp³-hybridized carbons (Fsp3) is 0.372. The van der Waals surface area contributed by atoms with E-state index in [1.807, 2.05) is 19.1 Å². The van der Waals surface area contributed by atoms with Crippen molar-refractivity contribution < 1.29 is 33.3 Å². The Bertz CT molecular complexity index is 1780. The smallest absolute Gasteiger partial charge is 0.343 e. The van der Waals surface area contributed by atoms with Gasteiger partial charge in [-0.15, -0.1) is 0 Å². The predicted octanol–water partition coefficient (Wildman–Crippen LogP) is 10.8. The fourth-order valence-electron chi connectivity index (χ4n) is 5.44. The highest BCUT2D eigenvalue weighted by Crippen LogP contribution is 2.27. The zero-order valence-corrected chi connectivity index (χ0v) is 31.1. The van der Waals surface area contributed by atoms with Crippen LogP contribution in [0.5, 0.6) is 17.2 Å². The molecule has 0 fully saturated rings. The van der Waals surface area contributed by atoms with Crippen LogP contribution in [0.3, 0.4) is 0 Å². The first-order valence-electron chi connectivity index (χ1n) is 18.1. The zero-order chi connectivity index (χ0) is 37.5. The van der Waals surface area contributed by atoms with Gasteiger partial charge in [-0.3, -0.25) is 4.79 Å². The van der Waals surface area contributed by atoms with Gasteiger partial charge in [-0.1, -0.05) is 53.2 Å². The number of rotatable bonds is 18. The monoisotopic (exact) mass is 706 g/mol. The van der Waals surface area contributed by atoms with Crippen molar-refractivity contribution in [2.45, 2.75) is 73.6 Å². The summed E-state index contributed by atoms with van der Waals surface area (Å²) >= 11 is 0. The molecule has 0 radical (unpaired) electrons. The van der Waals surface area contributed by atoms with E-state index in [4.69, 9.17) is 18.9 Å². The number of benzene rings is 4. The van der Waals surface area contributed by atoms with Gasteiger partial charge in [0.15, 0.2) is 0 Å². The number of hydrogen-bond acceptors (Lipinski definition) is 9. The average Bonchev–Trinajstić information content (AvgIpc) is 3.13. The molecule has 0 N–H and O–H groups in total. The molecule has 4 rings (SSSR count). The third kappa shape index (κ3) is 12.5. The van der Waals surface area contributed by atoms with Crippen molar-refractivity contribution in [2.75, 3.05) is 13.2 Å². The molecule has 9 nitrogen and oxygen atoms in total. The summed E-state index contributed by atoms with van der Waals surface area (Å²) in [6, 6.07) is 26.1. The second-order valence-electron chi connectivity index (χ2n) is 13.6. The Morgan fingerprint density at radius 3 is 1.85 bits per heavy atom. The molecule has 0 aliphatic carbocycles. The van der Waals surface area contributed by atoms with Crippen LogP contribution in [0, 0.1) is 24.7 Å². The van der Waals surface area contributed by atoms with E-state index in [2.05, 4.69) is 57.0 Å². The number of carbonyl (C=O) groups excluding carboxylic acids is 3. The molecule has 0 aliphatic rings. The number of hydrogen-bond donors (Lipinski definition) is 0. The molecule has 0 bridgehead atoms. The molecule has 0 saturated carbocycles. The minimum absolute atomic E-state index is 0.0754. The molecule has 274 valence electrons. The Balaban J connectivity index is 1.19. The first kappa shape index (κ1) is 39.5. The van der Waals surface area contributed by atoms with Gasteiger partial charge in [-0.05, 0) is 134 Å². The van der Waals surface area contributed by atoms with E-state index >= 15 is 0 Å². The van der Waals surface area contributed by atoms with E-state index in [0.717, 1.165) is 36.9 Å². The van der Waals surface area contributed by atoms with E-state index in [0.29, 0.717) is 53.9 Å². The third-order valence-electron chi connectivity index (χ3n) is 8.39. The van der Waals surface area contributed by atoms with Crippen LogP contribution in [0.25, 0.3) is 0 Å². The Hall–Kier alpha value is -5.31. The van der Waals surface area contributed by atoms with Gasteiger partial charge >= 0.3 is 17.9 Å². The maximum atomic E-state index is 12.9. The Labute approximate surface area is 307 Å². The molecule has 9 heteroatoms. The molecular formula is C43H50N2O7. The van der Waals surface area contributed by atoms with Gasteiger partial charge in [-0.2, -0.15) is 10.2 Å². The summed E-state index contributed by atoms with van der Waals surface area (Å²) in [6.45, 7) is 13.1. The largest absolute Gasteiger partial charge is 0.494 e. The van der Waals surface area contributed by atoms with Gasteiger partial charge in [0, 0.05) is 0 Å². The van der Waals surface area contributed by atoms with Crippen LogP contribution in [0.1, 0.15) is 92.1 Å². The summed E-state index contributed by atoms with van der Waals surface area (Å²) in [6.07, 6.45) is 4.38. The van der Waals surface area contributed by atoms with Crippen LogP contribution in [-0.2, 0) is 16.0 Å². The number of unbranched alkanes of at least 4 members (excludes halogenated alkanes) is 1. The molecular weight excluding hydrogens is 656 g/mol. The molecule has 1 unspecified atom stereocenters. The van der Waals surface area contributed by atoms with E-state index in [-0.39, 0.29) is 23.6 Å². The molecule has 4 aromatic carbocycles. The van der Waals surface area contributed by atoms with Gasteiger partial charge in [0.1, 0.15) is 17.2 Å². The van der Waals surface area contributed by atoms with Crippen molar-refractivity contribution in [3.05, 3.63) is 113 Å². The number of azo groups is 1. The van der Waals surface area contributed by atoms with Crippen LogP contribution in [-0.4, -0.2) is 31.1 Å². The minimum atomic E-state index is -0.541. The normalized spacial score (nSPS) is 11.8. The first-order chi connectivity index (χ1) is 25.0. The second kappa shape index (κ2) is 19.9. The molecule has 0 aromatic heterocycles. The Morgan fingerprint density at radius 2 is 1.25 bits per heavy atom. The van der Waals surface area contributed by atoms with E-state index in [1.54, 1.807) is 66.7 Å². The quantitative estimate of drug-likeness (QED) is 0.0438. The summed E-state index contributed by atoms with van der Waals surface area (Å²) in [5, 5.41) is 8.62. The van der Waals surface area contributed by atoms with Crippen molar-refractivity contribution in [1.29, 1.82) is 0 Å². The summed E-state index contributed by atoms with van der Waals surface area (Å²) in [5.41, 5.74) is 4.08. The summed E-state index contributed by atoms with van der Waals surface area (Å²) < 4.78 is 22.4. The predicted molar refractivity (Wildman–Crippen MR) is 202 cm³/mol. The average molecular weight is 707 g/mol. The Morgan fingerprint density at radius 1 is 0.673 bits per heavy atom. The topological polar surface area (TPSA) is 113 Å². The van der Waals surface area contributed by atoms with Crippen LogP contribution < -0.4 is 14.2 Å². The Kier molecular flexibility index (Phi) is 15.1. The van der Waals surface area contributed by atoms with Crippen molar-refractivity contribution in [3.63, 3.8) is 0 Å². The van der Waals surface area contributed by atoms with Crippen molar-refractivity contribution in [1.82, 2.24) is 0 Å². The highest BCUT2D eigenvalue weighted by atomic mass is 16.5. The highest BCUT2D eigenvalue weighted by molar-refractivity contribution is 5.93. The summed E-state index contributed by atoms with van der Waals surface area (Å²) in [5.74, 6) is 0.733. The van der Waals surface area contributed by atoms with Crippen molar-refractivity contribution in [2.24, 2.45) is 28.0 Å². The second-order valence-corrected chi connectivity index (χ2v) is 13.6. The zero-order valence-electron chi connectivity index (χ0n) is 31.1. The van der Waals surface area contributed by atoms with Gasteiger partial charge in [0.05, 0.1) is 41.6 Å². The molecule has 0 aliphatic heterocycles. The SMILES string of the molecule is CCCc1ccc(N=Nc2ccc(OC(=O)c3ccc(OC(=O)c4ccc(OCCCCOC(=O)C(CC(C)C)C(C)C)cc4)cc3)c(C)c2)cc1. The van der Waals surface area contributed by atoms with Crippen LogP contribution in [0.15, 0.2) is 101 Å². The number of aryl methyl sites for hydroxylation is 2. The third-order valence-corrected chi connectivity index (χ3v) is 8.39. The maximum Gasteiger partial charge on any atom is 0.343 e. The molecule has 4 aromatic rings. The summed E-state index contributed by atoms with van der Waals surface area (Å²) in [4.78, 5) is 38.0. The van der Waals surface area contributed by atoms with E-state index in [9.17, 15) is 14.4 Å². The molecule has 0 amide bonds. The standard InChI is InChI=1S/C43H50N2O7/c1-7-10-32-11-17-35(18-12-32)44-45-36-19-24-40(31(6)28-36)52-42(47)34-15-22-38(23-16-34)51-41(46)33-13-20-37(21-14-33)49-25-8-9-26-50-43(48)39(30(4)5)27-29(2)3/h11-24,28-30,39H,7-10,25-27H2,1-6H3. The number of esters is 3. The van der Waals surface area contributed by atoms with E-state index < -0.39 is 11.9 Å². The molecule has 0 spiro atoms. The van der Waals surface area contributed by atoms with Crippen LogP contribution >= 0.6 is 0 Å². The fourth-order valence-corrected chi connectivity index (χ4v) is 5.44. The molecule has 0 heterocycles. The van der Waals surface area contributed by atoms with Gasteiger partial charge in [0.2, 0.25) is 0 Å². The molecule has 52 heavy (non-hydrogen) atoms. The van der Waals surface area contributed by atoms with E-state index in [1.165, 1.54) is 5.56 Å². The van der Waals surface area contributed by atoms with Crippen LogP contribution in [0.2, 0.25) is 0 Å². The number of carbonyl (C=O) groups is 3. The van der Waals surface area contributed by atoms with Gasteiger partial charge in [0.25, 0.3) is 0 Å². The highest BCUT2D eigenvalue weighted by Gasteiger charge is 2.24. The molecule has 1 atom stereocenters. The first-order valence-corrected chi connectivity index (χ1v) is 18.1. The number of ether oxygens (including phenoxy) is 4. The number of nitrogens with zero attached hydrogens (tertiary/aromatic N) is 2. The van der Waals surface area contributed by atoms with Crippen molar-refractivity contribution in [3.8, 4) is 17.2 Å². The molecule has 0 saturated heterocycles. The lowest BCUT2D eigenvalue weighted by Crippen LogP contribution is -2.24. The lowest BCUT2D eigenvalue weighted by atomic mass is 9.88. The summed E-state index contributed by atoms with van der Waals surface area (Å²) in [7, 11) is 0. The van der Waals surface area contributed by atoms with Gasteiger partial charge in [-0.25, -0.2) is 9.59 Å². The maximum absolute atomic E-state index is 12.9. The minimum Gasteiger partial charge on any atom is -0.494 e. The lowest BCUT2D eigenvalue weighted by molar-refractivity contribution is -0.151. The van der Waals surface area contributed by atoms with Crippen molar-refractivity contribution >= 4 is 29.3 Å².